The fourth-order valence-corrected chi connectivity index (χ4v) is 4.01. The maximum absolute atomic E-state index is 12.9. The Hall–Kier alpha value is -2.29. The summed E-state index contributed by atoms with van der Waals surface area (Å²) in [5, 5.41) is 17.9. The number of benzene rings is 1. The molecule has 1 aromatic heterocycles. The lowest BCUT2D eigenvalue weighted by molar-refractivity contribution is -0.136. The van der Waals surface area contributed by atoms with Crippen LogP contribution in [0.2, 0.25) is 0 Å². The summed E-state index contributed by atoms with van der Waals surface area (Å²) >= 11 is 0. The van der Waals surface area contributed by atoms with Gasteiger partial charge in [-0.1, -0.05) is 42.5 Å². The molecule has 0 unspecified atom stereocenters. The number of aliphatic hydroxyl groups is 1. The fraction of sp³-hybridized carbons (Fsp3) is 0.609. The zero-order chi connectivity index (χ0) is 22.2. The van der Waals surface area contributed by atoms with Crippen LogP contribution in [0.15, 0.2) is 36.5 Å². The number of ether oxygens (including phenoxy) is 1. The van der Waals surface area contributed by atoms with Gasteiger partial charge in [-0.15, -0.1) is 5.10 Å². The van der Waals surface area contributed by atoms with E-state index in [1.165, 1.54) is 5.56 Å². The number of aliphatic hydroxyl groups excluding tert-OH is 1. The molecule has 0 saturated heterocycles. The fourth-order valence-electron chi connectivity index (χ4n) is 4.01. The van der Waals surface area contributed by atoms with Gasteiger partial charge >= 0.3 is 0 Å². The first-order valence-electron chi connectivity index (χ1n) is 11.1. The lowest BCUT2D eigenvalue weighted by Crippen LogP contribution is -2.47. The molecule has 2 heterocycles. The molecule has 1 aromatic carbocycles. The second-order valence-corrected chi connectivity index (χ2v) is 8.64. The lowest BCUT2D eigenvalue weighted by atomic mass is 10.0. The summed E-state index contributed by atoms with van der Waals surface area (Å²) in [6.45, 7) is 7.13. The van der Waals surface area contributed by atoms with E-state index in [2.05, 4.69) is 41.3 Å². The maximum atomic E-state index is 12.9. The first-order valence-corrected chi connectivity index (χ1v) is 11.1. The zero-order valence-corrected chi connectivity index (χ0v) is 18.9. The van der Waals surface area contributed by atoms with Crippen molar-refractivity contribution in [3.05, 3.63) is 47.8 Å². The van der Waals surface area contributed by atoms with E-state index in [0.29, 0.717) is 32.5 Å². The highest BCUT2D eigenvalue weighted by molar-refractivity contribution is 5.76. The van der Waals surface area contributed by atoms with Crippen LogP contribution >= 0.6 is 0 Å². The number of fused-ring (bicyclic) bond motifs is 1. The SMILES string of the molecule is C[C@@H]1CN([C@H](C)CO)C(=O)CCCn2nncc2CO[C@@H]1CN(C)Cc1ccccc1. The molecular weight excluding hydrogens is 394 g/mol. The Morgan fingerprint density at radius 1 is 1.32 bits per heavy atom. The molecular formula is C23H35N5O3. The molecule has 1 aliphatic heterocycles. The van der Waals surface area contributed by atoms with Crippen LogP contribution in [0.1, 0.15) is 37.9 Å². The normalized spacial score (nSPS) is 22.0. The maximum Gasteiger partial charge on any atom is 0.222 e. The molecule has 31 heavy (non-hydrogen) atoms. The number of likely N-dealkylation sites (N-methyl/N-ethyl adjacent to an activating group) is 1. The van der Waals surface area contributed by atoms with E-state index in [1.807, 2.05) is 34.7 Å². The number of hydrogen-bond acceptors (Lipinski definition) is 6. The van der Waals surface area contributed by atoms with Crippen molar-refractivity contribution in [3.63, 3.8) is 0 Å². The monoisotopic (exact) mass is 429 g/mol. The minimum atomic E-state index is -0.220. The molecule has 1 N–H and O–H groups in total. The highest BCUT2D eigenvalue weighted by Crippen LogP contribution is 2.18. The molecule has 3 atom stereocenters. The zero-order valence-electron chi connectivity index (χ0n) is 18.9. The predicted octanol–water partition coefficient (Wildman–Crippen LogP) is 1.93. The molecule has 0 radical (unpaired) electrons. The van der Waals surface area contributed by atoms with Gasteiger partial charge in [0.25, 0.3) is 0 Å². The molecule has 2 aromatic rings. The van der Waals surface area contributed by atoms with Gasteiger partial charge in [-0.3, -0.25) is 9.69 Å². The molecule has 1 amide bonds. The third-order valence-corrected chi connectivity index (χ3v) is 5.93. The standard InChI is InChI=1S/C23H35N5O3/c1-18-13-27(19(2)16-29)23(30)10-7-11-28-21(12-24-25-28)17-31-22(18)15-26(3)14-20-8-5-4-6-9-20/h4-6,8-9,12,18-19,22,29H,7,10-11,13-17H2,1-3H3/t18-,19-,22-/m1/s1. The Bertz CT molecular complexity index is 813. The van der Waals surface area contributed by atoms with E-state index in [1.54, 1.807) is 6.20 Å². The molecule has 0 aliphatic carbocycles. The highest BCUT2D eigenvalue weighted by atomic mass is 16.5. The summed E-state index contributed by atoms with van der Waals surface area (Å²) in [5.74, 6) is 0.159. The molecule has 0 bridgehead atoms. The van der Waals surface area contributed by atoms with Crippen molar-refractivity contribution >= 4 is 5.91 Å². The minimum Gasteiger partial charge on any atom is -0.394 e. The first kappa shape index (κ1) is 23.4. The molecule has 1 aliphatic rings. The van der Waals surface area contributed by atoms with Crippen LogP contribution in [0.5, 0.6) is 0 Å². The number of rotatable bonds is 6. The third-order valence-electron chi connectivity index (χ3n) is 5.93. The molecule has 0 spiro atoms. The van der Waals surface area contributed by atoms with Gasteiger partial charge in [0.15, 0.2) is 0 Å². The lowest BCUT2D eigenvalue weighted by Gasteiger charge is -2.35. The van der Waals surface area contributed by atoms with Crippen LogP contribution in [0.4, 0.5) is 0 Å². The smallest absolute Gasteiger partial charge is 0.222 e. The van der Waals surface area contributed by atoms with Gasteiger partial charge in [-0.25, -0.2) is 4.68 Å². The molecule has 8 nitrogen and oxygen atoms in total. The first-order chi connectivity index (χ1) is 15.0. The number of aryl methyl sites for hydroxylation is 1. The van der Waals surface area contributed by atoms with Crippen molar-refractivity contribution in [1.29, 1.82) is 0 Å². The number of nitrogens with zero attached hydrogens (tertiary/aromatic N) is 5. The van der Waals surface area contributed by atoms with Crippen molar-refractivity contribution in [1.82, 2.24) is 24.8 Å². The Balaban J connectivity index is 1.77. The van der Waals surface area contributed by atoms with E-state index in [-0.39, 0.29) is 30.6 Å². The van der Waals surface area contributed by atoms with Crippen molar-refractivity contribution in [2.45, 2.75) is 58.5 Å². The highest BCUT2D eigenvalue weighted by Gasteiger charge is 2.28. The Kier molecular flexibility index (Phi) is 8.57. The van der Waals surface area contributed by atoms with Crippen LogP contribution in [0.3, 0.4) is 0 Å². The topological polar surface area (TPSA) is 83.7 Å². The molecule has 0 fully saturated rings. The second-order valence-electron chi connectivity index (χ2n) is 8.64. The van der Waals surface area contributed by atoms with Gasteiger partial charge in [0, 0.05) is 38.5 Å². The summed E-state index contributed by atoms with van der Waals surface area (Å²) in [6, 6.07) is 10.1. The third kappa shape index (κ3) is 6.59. The van der Waals surface area contributed by atoms with Crippen molar-refractivity contribution < 1.29 is 14.6 Å². The summed E-state index contributed by atoms with van der Waals surface area (Å²) in [5.41, 5.74) is 2.18. The number of hydrogen-bond donors (Lipinski definition) is 1. The Labute approximate surface area is 184 Å². The van der Waals surface area contributed by atoms with E-state index in [4.69, 9.17) is 4.74 Å². The second kappa shape index (κ2) is 11.4. The van der Waals surface area contributed by atoms with E-state index < -0.39 is 0 Å². The number of aromatic nitrogens is 3. The molecule has 8 heteroatoms. The van der Waals surface area contributed by atoms with E-state index >= 15 is 0 Å². The van der Waals surface area contributed by atoms with Crippen LogP contribution in [-0.4, -0.2) is 74.7 Å². The minimum absolute atomic E-state index is 0.0505. The van der Waals surface area contributed by atoms with Gasteiger partial charge in [-0.2, -0.15) is 0 Å². The quantitative estimate of drug-likeness (QED) is 0.756. The van der Waals surface area contributed by atoms with Crippen molar-refractivity contribution in [2.24, 2.45) is 5.92 Å². The number of carbonyl (C=O) groups excluding carboxylic acids is 1. The Morgan fingerprint density at radius 3 is 2.84 bits per heavy atom. The van der Waals surface area contributed by atoms with Gasteiger partial charge in [-0.05, 0) is 26.0 Å². The largest absolute Gasteiger partial charge is 0.394 e. The molecule has 0 saturated carbocycles. The summed E-state index contributed by atoms with van der Waals surface area (Å²) in [7, 11) is 2.09. The van der Waals surface area contributed by atoms with Crippen molar-refractivity contribution in [2.75, 3.05) is 26.7 Å². The van der Waals surface area contributed by atoms with E-state index in [9.17, 15) is 9.90 Å². The van der Waals surface area contributed by atoms with Crippen LogP contribution in [-0.2, 0) is 29.2 Å². The summed E-state index contributed by atoms with van der Waals surface area (Å²) in [4.78, 5) is 17.0. The molecule has 170 valence electrons. The van der Waals surface area contributed by atoms with Crippen LogP contribution in [0.25, 0.3) is 0 Å². The average molecular weight is 430 g/mol. The van der Waals surface area contributed by atoms with Gasteiger partial charge in [0.2, 0.25) is 5.91 Å². The van der Waals surface area contributed by atoms with Crippen LogP contribution in [0, 0.1) is 5.92 Å². The van der Waals surface area contributed by atoms with E-state index in [0.717, 1.165) is 18.8 Å². The van der Waals surface area contributed by atoms with Gasteiger partial charge in [0.1, 0.15) is 0 Å². The van der Waals surface area contributed by atoms with Crippen LogP contribution < -0.4 is 0 Å². The summed E-state index contributed by atoms with van der Waals surface area (Å²) < 4.78 is 8.20. The van der Waals surface area contributed by atoms with Gasteiger partial charge in [0.05, 0.1) is 37.3 Å². The Morgan fingerprint density at radius 2 is 2.10 bits per heavy atom. The van der Waals surface area contributed by atoms with Gasteiger partial charge < -0.3 is 14.7 Å². The van der Waals surface area contributed by atoms with Crippen molar-refractivity contribution in [3.8, 4) is 0 Å². The predicted molar refractivity (Wildman–Crippen MR) is 118 cm³/mol. The molecule has 3 rings (SSSR count). The number of amides is 1. The average Bonchev–Trinajstić information content (AvgIpc) is 3.21. The number of carbonyl (C=O) groups is 1. The summed E-state index contributed by atoms with van der Waals surface area (Å²) in [6.07, 6.45) is 2.76.